The molecule has 0 bridgehead atoms. The number of rotatable bonds is 8. The maximum absolute atomic E-state index is 9.24. The second-order valence-corrected chi connectivity index (χ2v) is 5.34. The number of hydrogen-bond donors (Lipinski definition) is 3. The molecule has 0 radical (unpaired) electrons. The van der Waals surface area contributed by atoms with Gasteiger partial charge in [0.1, 0.15) is 5.75 Å². The molecule has 0 heterocycles. The molecule has 108 valence electrons. The average molecular weight is 267 g/mol. The van der Waals surface area contributed by atoms with E-state index in [1.807, 2.05) is 38.1 Å². The number of aliphatic hydroxyl groups excluding tert-OH is 2. The van der Waals surface area contributed by atoms with Gasteiger partial charge in [-0.05, 0) is 25.5 Å². The number of ether oxygens (including phenoxy) is 1. The third-order valence-electron chi connectivity index (χ3n) is 3.23. The molecule has 1 atom stereocenters. The minimum Gasteiger partial charge on any atom is -0.491 e. The van der Waals surface area contributed by atoms with E-state index in [4.69, 9.17) is 4.74 Å². The summed E-state index contributed by atoms with van der Waals surface area (Å²) in [5, 5.41) is 21.7. The molecular weight excluding hydrogens is 242 g/mol. The van der Waals surface area contributed by atoms with Crippen LogP contribution in [0.25, 0.3) is 0 Å². The van der Waals surface area contributed by atoms with Crippen molar-refractivity contribution in [2.75, 3.05) is 25.1 Å². The summed E-state index contributed by atoms with van der Waals surface area (Å²) in [6, 6.07) is 7.73. The highest BCUT2D eigenvalue weighted by Crippen LogP contribution is 2.21. The Morgan fingerprint density at radius 3 is 2.58 bits per heavy atom. The van der Waals surface area contributed by atoms with Crippen LogP contribution in [0.2, 0.25) is 0 Å². The molecule has 0 fully saturated rings. The van der Waals surface area contributed by atoms with Crippen molar-refractivity contribution in [1.29, 1.82) is 0 Å². The highest BCUT2D eigenvalue weighted by molar-refractivity contribution is 5.48. The van der Waals surface area contributed by atoms with Gasteiger partial charge in [-0.3, -0.25) is 0 Å². The van der Waals surface area contributed by atoms with Crippen LogP contribution in [-0.4, -0.2) is 36.1 Å². The van der Waals surface area contributed by atoms with E-state index in [1.165, 1.54) is 0 Å². The van der Waals surface area contributed by atoms with Gasteiger partial charge in [0.15, 0.2) is 0 Å². The van der Waals surface area contributed by atoms with Gasteiger partial charge >= 0.3 is 0 Å². The second kappa shape index (κ2) is 7.36. The van der Waals surface area contributed by atoms with E-state index < -0.39 is 5.41 Å². The third kappa shape index (κ3) is 5.09. The summed E-state index contributed by atoms with van der Waals surface area (Å²) in [7, 11) is 0. The van der Waals surface area contributed by atoms with Crippen molar-refractivity contribution in [1.82, 2.24) is 0 Å². The first-order chi connectivity index (χ1) is 9.03. The van der Waals surface area contributed by atoms with Crippen molar-refractivity contribution in [3.05, 3.63) is 24.3 Å². The molecule has 1 unspecified atom stereocenters. The fraction of sp³-hybridized carbons (Fsp3) is 0.600. The number of anilines is 1. The zero-order valence-corrected chi connectivity index (χ0v) is 12.0. The van der Waals surface area contributed by atoms with Crippen molar-refractivity contribution >= 4 is 5.69 Å². The number of aliphatic hydroxyl groups is 2. The SMILES string of the molecule is CCC(C)Oc1cccc(NCC(C)(CO)CO)c1. The Hall–Kier alpha value is -1.26. The predicted molar refractivity (Wildman–Crippen MR) is 77.6 cm³/mol. The second-order valence-electron chi connectivity index (χ2n) is 5.34. The van der Waals surface area contributed by atoms with Gasteiger partial charge in [0.05, 0.1) is 19.3 Å². The molecule has 19 heavy (non-hydrogen) atoms. The van der Waals surface area contributed by atoms with Gasteiger partial charge in [-0.2, -0.15) is 0 Å². The molecule has 0 spiro atoms. The van der Waals surface area contributed by atoms with Crippen molar-refractivity contribution in [3.63, 3.8) is 0 Å². The molecular formula is C15H25NO3. The Labute approximate surface area is 115 Å². The molecule has 0 saturated heterocycles. The third-order valence-corrected chi connectivity index (χ3v) is 3.23. The van der Waals surface area contributed by atoms with Gasteiger partial charge in [-0.1, -0.05) is 19.9 Å². The monoisotopic (exact) mass is 267 g/mol. The molecule has 0 aliphatic heterocycles. The summed E-state index contributed by atoms with van der Waals surface area (Å²) in [4.78, 5) is 0. The van der Waals surface area contributed by atoms with Gasteiger partial charge in [-0.25, -0.2) is 0 Å². The summed E-state index contributed by atoms with van der Waals surface area (Å²) < 4.78 is 5.75. The lowest BCUT2D eigenvalue weighted by atomic mass is 9.93. The summed E-state index contributed by atoms with van der Waals surface area (Å²) in [6.45, 7) is 6.35. The van der Waals surface area contributed by atoms with E-state index in [0.717, 1.165) is 17.9 Å². The first-order valence-electron chi connectivity index (χ1n) is 6.75. The topological polar surface area (TPSA) is 61.7 Å². The van der Waals surface area contributed by atoms with Gasteiger partial charge < -0.3 is 20.3 Å². The van der Waals surface area contributed by atoms with E-state index >= 15 is 0 Å². The zero-order valence-electron chi connectivity index (χ0n) is 12.0. The van der Waals surface area contributed by atoms with Gasteiger partial charge in [0.2, 0.25) is 0 Å². The molecule has 1 rings (SSSR count). The Balaban J connectivity index is 2.62. The van der Waals surface area contributed by atoms with Crippen LogP contribution >= 0.6 is 0 Å². The lowest BCUT2D eigenvalue weighted by Crippen LogP contribution is -2.34. The number of benzene rings is 1. The van der Waals surface area contributed by atoms with Crippen molar-refractivity contribution < 1.29 is 14.9 Å². The molecule has 0 aromatic heterocycles. The van der Waals surface area contributed by atoms with E-state index in [-0.39, 0.29) is 19.3 Å². The first-order valence-corrected chi connectivity index (χ1v) is 6.75. The maximum atomic E-state index is 9.24. The smallest absolute Gasteiger partial charge is 0.121 e. The summed E-state index contributed by atoms with van der Waals surface area (Å²) in [5.41, 5.74) is 0.405. The molecule has 0 saturated carbocycles. The fourth-order valence-electron chi connectivity index (χ4n) is 1.47. The zero-order chi connectivity index (χ0) is 14.3. The highest BCUT2D eigenvalue weighted by atomic mass is 16.5. The fourth-order valence-corrected chi connectivity index (χ4v) is 1.47. The highest BCUT2D eigenvalue weighted by Gasteiger charge is 2.21. The molecule has 0 aliphatic rings. The Bertz CT molecular complexity index is 377. The van der Waals surface area contributed by atoms with E-state index in [0.29, 0.717) is 6.54 Å². The lowest BCUT2D eigenvalue weighted by molar-refractivity contribution is 0.0806. The minimum absolute atomic E-state index is 0.0560. The predicted octanol–water partition coefficient (Wildman–Crippen LogP) is 2.27. The summed E-state index contributed by atoms with van der Waals surface area (Å²) >= 11 is 0. The van der Waals surface area contributed by atoms with Gasteiger partial charge in [0, 0.05) is 23.7 Å². The van der Waals surface area contributed by atoms with Crippen molar-refractivity contribution in [2.24, 2.45) is 5.41 Å². The number of nitrogens with one attached hydrogen (secondary N) is 1. The van der Waals surface area contributed by atoms with Crippen LogP contribution < -0.4 is 10.1 Å². The molecule has 0 aliphatic carbocycles. The van der Waals surface area contributed by atoms with Crippen LogP contribution in [-0.2, 0) is 0 Å². The molecule has 1 aromatic carbocycles. The van der Waals surface area contributed by atoms with Gasteiger partial charge in [-0.15, -0.1) is 0 Å². The lowest BCUT2D eigenvalue weighted by Gasteiger charge is -2.25. The Morgan fingerprint density at radius 2 is 2.00 bits per heavy atom. The minimum atomic E-state index is -0.520. The van der Waals surface area contributed by atoms with Crippen LogP contribution in [0.15, 0.2) is 24.3 Å². The van der Waals surface area contributed by atoms with Crippen LogP contribution in [0.1, 0.15) is 27.2 Å². The van der Waals surface area contributed by atoms with Crippen LogP contribution in [0.4, 0.5) is 5.69 Å². The standard InChI is InChI=1S/C15H25NO3/c1-4-12(2)19-14-7-5-6-13(8-14)16-9-15(3,10-17)11-18/h5-8,12,16-18H,4,9-11H2,1-3H3. The summed E-state index contributed by atoms with van der Waals surface area (Å²) in [5.74, 6) is 0.828. The van der Waals surface area contributed by atoms with Crippen molar-refractivity contribution in [2.45, 2.75) is 33.3 Å². The van der Waals surface area contributed by atoms with Crippen LogP contribution in [0.5, 0.6) is 5.75 Å². The van der Waals surface area contributed by atoms with E-state index in [2.05, 4.69) is 12.2 Å². The summed E-state index contributed by atoms with van der Waals surface area (Å²) in [6.07, 6.45) is 1.15. The van der Waals surface area contributed by atoms with E-state index in [1.54, 1.807) is 0 Å². The molecule has 4 nitrogen and oxygen atoms in total. The normalized spacial score (nSPS) is 13.1. The maximum Gasteiger partial charge on any atom is 0.121 e. The molecule has 1 aromatic rings. The molecule has 3 N–H and O–H groups in total. The molecule has 0 amide bonds. The molecule has 4 heteroatoms. The average Bonchev–Trinajstić information content (AvgIpc) is 2.45. The quantitative estimate of drug-likeness (QED) is 0.676. The largest absolute Gasteiger partial charge is 0.491 e. The Kier molecular flexibility index (Phi) is 6.12. The van der Waals surface area contributed by atoms with Crippen LogP contribution in [0, 0.1) is 5.41 Å². The first kappa shape index (κ1) is 15.8. The van der Waals surface area contributed by atoms with Crippen LogP contribution in [0.3, 0.4) is 0 Å². The van der Waals surface area contributed by atoms with Crippen molar-refractivity contribution in [3.8, 4) is 5.75 Å². The number of hydrogen-bond acceptors (Lipinski definition) is 4. The van der Waals surface area contributed by atoms with E-state index in [9.17, 15) is 10.2 Å². The Morgan fingerprint density at radius 1 is 1.32 bits per heavy atom. The van der Waals surface area contributed by atoms with Gasteiger partial charge in [0.25, 0.3) is 0 Å².